The Morgan fingerprint density at radius 1 is 0.880 bits per heavy atom. The van der Waals surface area contributed by atoms with Gasteiger partial charge in [-0.2, -0.15) is 0 Å². The molecule has 0 radical (unpaired) electrons. The molecule has 25 heavy (non-hydrogen) atoms. The second-order valence-corrected chi connectivity index (χ2v) is 6.29. The summed E-state index contributed by atoms with van der Waals surface area (Å²) < 4.78 is 16.8. The van der Waals surface area contributed by atoms with Gasteiger partial charge in [-0.1, -0.05) is 24.3 Å². The van der Waals surface area contributed by atoms with E-state index in [1.807, 2.05) is 24.3 Å². The maximum absolute atomic E-state index is 5.82. The number of piperidine rings is 1. The van der Waals surface area contributed by atoms with E-state index in [9.17, 15) is 0 Å². The van der Waals surface area contributed by atoms with E-state index in [1.54, 1.807) is 7.11 Å². The Morgan fingerprint density at radius 3 is 2.28 bits per heavy atom. The Bertz CT molecular complexity index is 636. The molecule has 0 atom stereocenters. The zero-order valence-electron chi connectivity index (χ0n) is 14.9. The zero-order valence-corrected chi connectivity index (χ0v) is 14.9. The van der Waals surface area contributed by atoms with E-state index in [2.05, 4.69) is 29.6 Å². The number of para-hydroxylation sites is 2. The van der Waals surface area contributed by atoms with Crippen molar-refractivity contribution in [3.63, 3.8) is 0 Å². The van der Waals surface area contributed by atoms with Gasteiger partial charge < -0.3 is 19.5 Å². The van der Waals surface area contributed by atoms with Gasteiger partial charge in [-0.3, -0.25) is 0 Å². The third kappa shape index (κ3) is 5.13. The summed E-state index contributed by atoms with van der Waals surface area (Å²) in [6, 6.07) is 16.3. The summed E-state index contributed by atoms with van der Waals surface area (Å²) in [4.78, 5) is 0. The molecular formula is C21H27NO3. The summed E-state index contributed by atoms with van der Waals surface area (Å²) >= 11 is 0. The Kier molecular flexibility index (Phi) is 6.57. The molecule has 0 spiro atoms. The van der Waals surface area contributed by atoms with Gasteiger partial charge in [0, 0.05) is 6.42 Å². The molecule has 0 aromatic heterocycles. The fourth-order valence-corrected chi connectivity index (χ4v) is 3.16. The summed E-state index contributed by atoms with van der Waals surface area (Å²) in [7, 11) is 1.65. The smallest absolute Gasteiger partial charge is 0.161 e. The van der Waals surface area contributed by atoms with Crippen LogP contribution < -0.4 is 19.5 Å². The largest absolute Gasteiger partial charge is 0.493 e. The first-order valence-electron chi connectivity index (χ1n) is 9.06. The zero-order chi connectivity index (χ0) is 17.3. The van der Waals surface area contributed by atoms with Crippen LogP contribution in [0.4, 0.5) is 0 Å². The van der Waals surface area contributed by atoms with Crippen LogP contribution >= 0.6 is 0 Å². The summed E-state index contributed by atoms with van der Waals surface area (Å²) in [6.45, 7) is 3.49. The number of hydrogen-bond acceptors (Lipinski definition) is 4. The van der Waals surface area contributed by atoms with E-state index in [1.165, 1.54) is 18.4 Å². The van der Waals surface area contributed by atoms with Crippen molar-refractivity contribution in [2.24, 2.45) is 0 Å². The van der Waals surface area contributed by atoms with Crippen LogP contribution in [0.5, 0.6) is 17.2 Å². The molecule has 1 heterocycles. The van der Waals surface area contributed by atoms with Crippen LogP contribution in [0.15, 0.2) is 48.5 Å². The first-order chi connectivity index (χ1) is 12.4. The Labute approximate surface area is 150 Å². The maximum Gasteiger partial charge on any atom is 0.161 e. The van der Waals surface area contributed by atoms with Crippen molar-refractivity contribution in [3.8, 4) is 17.2 Å². The number of methoxy groups -OCH3 is 1. The minimum Gasteiger partial charge on any atom is -0.493 e. The maximum atomic E-state index is 5.82. The lowest BCUT2D eigenvalue weighted by atomic mass is 9.90. The van der Waals surface area contributed by atoms with Crippen LogP contribution in [-0.2, 0) is 0 Å². The number of hydrogen-bond donors (Lipinski definition) is 1. The molecule has 4 heteroatoms. The molecule has 0 amide bonds. The fraction of sp³-hybridized carbons (Fsp3) is 0.429. The van der Waals surface area contributed by atoms with Crippen molar-refractivity contribution < 1.29 is 14.2 Å². The van der Waals surface area contributed by atoms with Crippen LogP contribution in [0.3, 0.4) is 0 Å². The SMILES string of the molecule is COc1ccccc1OCCCOc1ccc(C2CCNCC2)cc1. The number of benzene rings is 2. The van der Waals surface area contributed by atoms with Gasteiger partial charge in [0.1, 0.15) is 5.75 Å². The molecular weight excluding hydrogens is 314 g/mol. The molecule has 2 aromatic rings. The fourth-order valence-electron chi connectivity index (χ4n) is 3.16. The lowest BCUT2D eigenvalue weighted by Gasteiger charge is -2.23. The molecule has 0 bridgehead atoms. The van der Waals surface area contributed by atoms with Crippen LogP contribution in [-0.4, -0.2) is 33.4 Å². The van der Waals surface area contributed by atoms with Crippen LogP contribution in [0.2, 0.25) is 0 Å². The third-order valence-electron chi connectivity index (χ3n) is 4.57. The molecule has 4 nitrogen and oxygen atoms in total. The van der Waals surface area contributed by atoms with E-state index in [4.69, 9.17) is 14.2 Å². The summed E-state index contributed by atoms with van der Waals surface area (Å²) in [5.41, 5.74) is 1.42. The van der Waals surface area contributed by atoms with Crippen molar-refractivity contribution in [3.05, 3.63) is 54.1 Å². The van der Waals surface area contributed by atoms with Crippen LogP contribution in [0.1, 0.15) is 30.7 Å². The van der Waals surface area contributed by atoms with Gasteiger partial charge >= 0.3 is 0 Å². The topological polar surface area (TPSA) is 39.7 Å². The number of nitrogens with one attached hydrogen (secondary N) is 1. The van der Waals surface area contributed by atoms with Crippen molar-refractivity contribution >= 4 is 0 Å². The van der Waals surface area contributed by atoms with Crippen molar-refractivity contribution in [1.82, 2.24) is 5.32 Å². The summed E-state index contributed by atoms with van der Waals surface area (Å²) in [5.74, 6) is 3.15. The molecule has 134 valence electrons. The predicted molar refractivity (Wildman–Crippen MR) is 99.9 cm³/mol. The van der Waals surface area contributed by atoms with Gasteiger partial charge in [0.15, 0.2) is 11.5 Å². The second-order valence-electron chi connectivity index (χ2n) is 6.29. The average Bonchev–Trinajstić information content (AvgIpc) is 2.69. The highest BCUT2D eigenvalue weighted by Gasteiger charge is 2.14. The van der Waals surface area contributed by atoms with Crippen molar-refractivity contribution in [2.45, 2.75) is 25.2 Å². The molecule has 1 saturated heterocycles. The standard InChI is InChI=1S/C21H27NO3/c1-23-20-5-2-3-6-21(20)25-16-4-15-24-19-9-7-17(8-10-19)18-11-13-22-14-12-18/h2-3,5-10,18,22H,4,11-16H2,1H3. The quantitative estimate of drug-likeness (QED) is 0.737. The van der Waals surface area contributed by atoms with E-state index in [0.29, 0.717) is 19.1 Å². The third-order valence-corrected chi connectivity index (χ3v) is 4.57. The highest BCUT2D eigenvalue weighted by molar-refractivity contribution is 5.39. The predicted octanol–water partition coefficient (Wildman–Crippen LogP) is 4.01. The Balaban J connectivity index is 1.38. The van der Waals surface area contributed by atoms with Gasteiger partial charge in [-0.25, -0.2) is 0 Å². The van der Waals surface area contributed by atoms with Crippen LogP contribution in [0, 0.1) is 0 Å². The molecule has 0 aliphatic carbocycles. The first-order valence-corrected chi connectivity index (χ1v) is 9.06. The molecule has 3 rings (SSSR count). The summed E-state index contributed by atoms with van der Waals surface area (Å²) in [5, 5.41) is 3.41. The van der Waals surface area contributed by atoms with Crippen LogP contribution in [0.25, 0.3) is 0 Å². The normalized spacial score (nSPS) is 14.9. The van der Waals surface area contributed by atoms with E-state index in [0.717, 1.165) is 36.8 Å². The highest BCUT2D eigenvalue weighted by Crippen LogP contribution is 2.27. The number of rotatable bonds is 8. The van der Waals surface area contributed by atoms with E-state index < -0.39 is 0 Å². The first kappa shape index (κ1) is 17.6. The molecule has 1 N–H and O–H groups in total. The Hall–Kier alpha value is -2.20. The number of ether oxygens (including phenoxy) is 3. The average molecular weight is 341 g/mol. The van der Waals surface area contributed by atoms with Gasteiger partial charge in [0.05, 0.1) is 20.3 Å². The monoisotopic (exact) mass is 341 g/mol. The molecule has 1 fully saturated rings. The van der Waals surface area contributed by atoms with E-state index >= 15 is 0 Å². The highest BCUT2D eigenvalue weighted by atomic mass is 16.5. The molecule has 1 aliphatic rings. The Morgan fingerprint density at radius 2 is 1.56 bits per heavy atom. The molecule has 2 aromatic carbocycles. The van der Waals surface area contributed by atoms with Crippen molar-refractivity contribution in [1.29, 1.82) is 0 Å². The summed E-state index contributed by atoms with van der Waals surface area (Å²) in [6.07, 6.45) is 3.27. The van der Waals surface area contributed by atoms with Gasteiger partial charge in [0.2, 0.25) is 0 Å². The second kappa shape index (κ2) is 9.33. The minimum atomic E-state index is 0.605. The lowest BCUT2D eigenvalue weighted by molar-refractivity contribution is 0.240. The lowest BCUT2D eigenvalue weighted by Crippen LogP contribution is -2.26. The van der Waals surface area contributed by atoms with E-state index in [-0.39, 0.29) is 0 Å². The van der Waals surface area contributed by atoms with Gasteiger partial charge in [-0.15, -0.1) is 0 Å². The minimum absolute atomic E-state index is 0.605. The van der Waals surface area contributed by atoms with Gasteiger partial charge in [-0.05, 0) is 61.7 Å². The molecule has 0 saturated carbocycles. The molecule has 1 aliphatic heterocycles. The molecule has 0 unspecified atom stereocenters. The van der Waals surface area contributed by atoms with Crippen molar-refractivity contribution in [2.75, 3.05) is 33.4 Å². The van der Waals surface area contributed by atoms with Gasteiger partial charge in [0.25, 0.3) is 0 Å².